The Kier molecular flexibility index (Phi) is 4.25. The van der Waals surface area contributed by atoms with Crippen molar-refractivity contribution in [3.63, 3.8) is 0 Å². The van der Waals surface area contributed by atoms with Crippen LogP contribution in [0.4, 0.5) is 0 Å². The van der Waals surface area contributed by atoms with Crippen LogP contribution in [0.3, 0.4) is 0 Å². The van der Waals surface area contributed by atoms with E-state index in [1.165, 1.54) is 6.42 Å². The Morgan fingerprint density at radius 3 is 2.48 bits per heavy atom. The highest BCUT2D eigenvalue weighted by Crippen LogP contribution is 2.60. The number of hydrogen-bond acceptors (Lipinski definition) is 7. The number of ether oxygens (including phenoxy) is 2. The van der Waals surface area contributed by atoms with E-state index in [1.807, 2.05) is 6.92 Å². The first-order valence-corrected chi connectivity index (χ1v) is 12.2. The molecule has 1 unspecified atom stereocenters. The van der Waals surface area contributed by atoms with Crippen LogP contribution in [0, 0.1) is 23.7 Å². The van der Waals surface area contributed by atoms with Gasteiger partial charge in [-0.05, 0) is 38.0 Å². The lowest BCUT2D eigenvalue weighted by molar-refractivity contribution is -0.574. The third kappa shape index (κ3) is 2.74. The number of hydrogen-bond donors (Lipinski definition) is 0. The van der Waals surface area contributed by atoms with Crippen molar-refractivity contribution < 1.29 is 27.7 Å². The van der Waals surface area contributed by atoms with E-state index in [-0.39, 0.29) is 29.6 Å². The highest BCUT2D eigenvalue weighted by Gasteiger charge is 2.69. The average Bonchev–Trinajstić information content (AvgIpc) is 2.85. The van der Waals surface area contributed by atoms with E-state index in [0.29, 0.717) is 24.9 Å². The molecule has 0 radical (unpaired) electrons. The van der Waals surface area contributed by atoms with Gasteiger partial charge in [0, 0.05) is 31.3 Å². The summed E-state index contributed by atoms with van der Waals surface area (Å²) in [7, 11) is -2.92. The molecular formula is C19H31NO6S. The molecule has 2 bridgehead atoms. The Morgan fingerprint density at radius 2 is 1.74 bits per heavy atom. The van der Waals surface area contributed by atoms with E-state index < -0.39 is 27.5 Å². The van der Waals surface area contributed by atoms with Crippen LogP contribution in [0.1, 0.15) is 46.5 Å². The van der Waals surface area contributed by atoms with Gasteiger partial charge in [-0.15, -0.1) is 0 Å². The van der Waals surface area contributed by atoms with Crippen molar-refractivity contribution in [2.75, 3.05) is 24.6 Å². The molecule has 154 valence electrons. The van der Waals surface area contributed by atoms with Gasteiger partial charge in [-0.1, -0.05) is 13.8 Å². The maximum Gasteiger partial charge on any atom is 0.201 e. The van der Waals surface area contributed by atoms with Crippen LogP contribution >= 0.6 is 0 Å². The van der Waals surface area contributed by atoms with E-state index in [4.69, 9.17) is 19.2 Å². The fraction of sp³-hybridized carbons (Fsp3) is 1.00. The molecule has 0 aromatic rings. The van der Waals surface area contributed by atoms with Crippen molar-refractivity contribution in [1.82, 2.24) is 4.90 Å². The van der Waals surface area contributed by atoms with Crippen molar-refractivity contribution in [1.29, 1.82) is 0 Å². The molecule has 0 N–H and O–H groups in total. The molecule has 5 heterocycles. The summed E-state index contributed by atoms with van der Waals surface area (Å²) in [6.07, 6.45) is 3.46. The molecule has 6 rings (SSSR count). The van der Waals surface area contributed by atoms with Gasteiger partial charge >= 0.3 is 0 Å². The highest BCUT2D eigenvalue weighted by atomic mass is 32.2. The van der Waals surface area contributed by atoms with Crippen molar-refractivity contribution in [3.05, 3.63) is 0 Å². The van der Waals surface area contributed by atoms with Crippen molar-refractivity contribution in [3.8, 4) is 0 Å². The minimum atomic E-state index is -2.92. The molecule has 7 nitrogen and oxygen atoms in total. The largest absolute Gasteiger partial charge is 0.331 e. The van der Waals surface area contributed by atoms with E-state index in [9.17, 15) is 8.42 Å². The molecule has 1 spiro atoms. The normalized spacial score (nSPS) is 54.9. The number of sulfone groups is 1. The predicted octanol–water partition coefficient (Wildman–Crippen LogP) is 1.92. The molecule has 6 fully saturated rings. The minimum Gasteiger partial charge on any atom is -0.331 e. The quantitative estimate of drug-likeness (QED) is 0.622. The summed E-state index contributed by atoms with van der Waals surface area (Å²) in [5, 5.41) is 0. The molecule has 8 heteroatoms. The lowest BCUT2D eigenvalue weighted by Crippen LogP contribution is -2.72. The molecule has 0 aromatic heterocycles. The second-order valence-electron chi connectivity index (χ2n) is 9.48. The van der Waals surface area contributed by atoms with Gasteiger partial charge in [-0.2, -0.15) is 0 Å². The molecule has 1 aliphatic carbocycles. The van der Waals surface area contributed by atoms with Crippen LogP contribution in [0.2, 0.25) is 0 Å². The topological polar surface area (TPSA) is 74.3 Å². The molecule has 6 aliphatic rings. The summed E-state index contributed by atoms with van der Waals surface area (Å²) in [6.45, 7) is 7.51. The van der Waals surface area contributed by atoms with Crippen molar-refractivity contribution >= 4 is 9.84 Å². The second kappa shape index (κ2) is 6.12. The van der Waals surface area contributed by atoms with Gasteiger partial charge in [-0.25, -0.2) is 18.2 Å². The monoisotopic (exact) mass is 401 g/mol. The van der Waals surface area contributed by atoms with Gasteiger partial charge in [0.25, 0.3) is 0 Å². The van der Waals surface area contributed by atoms with Crippen LogP contribution in [-0.4, -0.2) is 61.8 Å². The molecule has 5 aliphatic heterocycles. The Bertz CT molecular complexity index is 701. The second-order valence-corrected chi connectivity index (χ2v) is 11.8. The summed E-state index contributed by atoms with van der Waals surface area (Å²) in [4.78, 5) is 14.2. The van der Waals surface area contributed by atoms with Gasteiger partial charge in [0.15, 0.2) is 21.7 Å². The summed E-state index contributed by atoms with van der Waals surface area (Å²) in [5.74, 6) is 1.05. The SMILES string of the molecule is C[C@H]1[C@H](N2CCS(=O)(=O)CC2)O[C@@H]2OC3(C)CC[C@H]4[C@H](C)CC[C@@H]1[C@@]24OO3. The van der Waals surface area contributed by atoms with Crippen LogP contribution in [0.5, 0.6) is 0 Å². The first-order chi connectivity index (χ1) is 12.7. The van der Waals surface area contributed by atoms with Crippen LogP contribution in [0.15, 0.2) is 0 Å². The molecule has 5 saturated heterocycles. The molecule has 0 aromatic carbocycles. The Labute approximate surface area is 161 Å². The number of fused-ring (bicyclic) bond motifs is 2. The summed E-state index contributed by atoms with van der Waals surface area (Å²) in [6, 6.07) is 0. The fourth-order valence-corrected chi connectivity index (χ4v) is 7.51. The van der Waals surface area contributed by atoms with Gasteiger partial charge in [0.1, 0.15) is 6.23 Å². The van der Waals surface area contributed by atoms with Crippen molar-refractivity contribution in [2.45, 2.75) is 70.4 Å². The minimum absolute atomic E-state index is 0.137. The van der Waals surface area contributed by atoms with Gasteiger partial charge < -0.3 is 9.47 Å². The highest BCUT2D eigenvalue weighted by molar-refractivity contribution is 7.91. The summed E-state index contributed by atoms with van der Waals surface area (Å²) in [5.41, 5.74) is -0.550. The maximum atomic E-state index is 11.9. The van der Waals surface area contributed by atoms with Gasteiger partial charge in [0.2, 0.25) is 5.79 Å². The maximum absolute atomic E-state index is 11.9. The molecule has 27 heavy (non-hydrogen) atoms. The molecule has 0 amide bonds. The van der Waals surface area contributed by atoms with Crippen LogP contribution in [-0.2, 0) is 29.1 Å². The first-order valence-electron chi connectivity index (χ1n) is 10.4. The lowest BCUT2D eigenvalue weighted by Gasteiger charge is -2.61. The van der Waals surface area contributed by atoms with Crippen molar-refractivity contribution in [2.24, 2.45) is 23.7 Å². The Morgan fingerprint density at radius 1 is 1.00 bits per heavy atom. The zero-order chi connectivity index (χ0) is 19.0. The molecule has 1 saturated carbocycles. The standard InChI is InChI=1S/C19H31NO6S/c1-12-4-5-15-13(2)16(20-8-10-27(21,22)11-9-20)23-17-19(15)14(12)6-7-18(3,24-17)25-26-19/h12-17H,4-11H2,1-3H3/t12-,13-,14+,15+,16-,17-,18?,19-/m1/s1. The third-order valence-corrected chi connectivity index (χ3v) is 9.47. The van der Waals surface area contributed by atoms with E-state index in [1.54, 1.807) is 0 Å². The smallest absolute Gasteiger partial charge is 0.201 e. The molecular weight excluding hydrogens is 370 g/mol. The van der Waals surface area contributed by atoms with E-state index >= 15 is 0 Å². The van der Waals surface area contributed by atoms with E-state index in [2.05, 4.69) is 18.7 Å². The first kappa shape index (κ1) is 18.8. The number of rotatable bonds is 1. The van der Waals surface area contributed by atoms with Crippen LogP contribution < -0.4 is 0 Å². The summed E-state index contributed by atoms with van der Waals surface area (Å²) >= 11 is 0. The summed E-state index contributed by atoms with van der Waals surface area (Å²) < 4.78 is 36.7. The van der Waals surface area contributed by atoms with E-state index in [0.717, 1.165) is 19.3 Å². The predicted molar refractivity (Wildman–Crippen MR) is 97.1 cm³/mol. The van der Waals surface area contributed by atoms with Crippen LogP contribution in [0.25, 0.3) is 0 Å². The zero-order valence-corrected chi connectivity index (χ0v) is 17.2. The third-order valence-electron chi connectivity index (χ3n) is 7.86. The number of nitrogens with zero attached hydrogens (tertiary/aromatic N) is 1. The van der Waals surface area contributed by atoms with Gasteiger partial charge in [-0.3, -0.25) is 4.90 Å². The zero-order valence-electron chi connectivity index (χ0n) is 16.4. The Balaban J connectivity index is 1.48. The molecule has 8 atom stereocenters. The fourth-order valence-electron chi connectivity index (χ4n) is 6.29. The Hall–Kier alpha value is -0.250. The average molecular weight is 402 g/mol. The van der Waals surface area contributed by atoms with Gasteiger partial charge in [0.05, 0.1) is 11.5 Å². The lowest BCUT2D eigenvalue weighted by atomic mass is 9.58.